The van der Waals surface area contributed by atoms with Gasteiger partial charge in [0.25, 0.3) is 0 Å². The van der Waals surface area contributed by atoms with Crippen molar-refractivity contribution in [1.29, 1.82) is 0 Å². The van der Waals surface area contributed by atoms with Crippen LogP contribution in [0, 0.1) is 0 Å². The van der Waals surface area contributed by atoms with Crippen LogP contribution in [-0.4, -0.2) is 16.5 Å². The van der Waals surface area contributed by atoms with E-state index >= 15 is 0 Å². The molecule has 0 spiro atoms. The molecule has 2 aromatic rings. The molecular weight excluding hydrogens is 234 g/mol. The molecule has 3 rings (SSSR count). The fourth-order valence-electron chi connectivity index (χ4n) is 2.46. The summed E-state index contributed by atoms with van der Waals surface area (Å²) < 4.78 is 0. The van der Waals surface area contributed by atoms with Gasteiger partial charge in [0.15, 0.2) is 0 Å². The van der Waals surface area contributed by atoms with Crippen LogP contribution in [0.1, 0.15) is 37.6 Å². The Morgan fingerprint density at radius 2 is 1.95 bits per heavy atom. The van der Waals surface area contributed by atoms with Crippen molar-refractivity contribution < 1.29 is 0 Å². The highest BCUT2D eigenvalue weighted by Crippen LogP contribution is 2.52. The van der Waals surface area contributed by atoms with E-state index in [0.29, 0.717) is 0 Å². The van der Waals surface area contributed by atoms with E-state index in [0.717, 1.165) is 37.4 Å². The number of nitrogens with one attached hydrogen (secondary N) is 1. The van der Waals surface area contributed by atoms with Gasteiger partial charge in [-0.15, -0.1) is 0 Å². The summed E-state index contributed by atoms with van der Waals surface area (Å²) >= 11 is 0. The van der Waals surface area contributed by atoms with E-state index in [2.05, 4.69) is 47.6 Å². The molecule has 0 unspecified atom stereocenters. The molecule has 0 aliphatic heterocycles. The molecule has 98 valence electrons. The maximum atomic E-state index is 4.70. The Morgan fingerprint density at radius 1 is 1.16 bits per heavy atom. The number of benzene rings is 1. The van der Waals surface area contributed by atoms with Crippen molar-refractivity contribution in [3.8, 4) is 0 Å². The van der Waals surface area contributed by atoms with E-state index in [9.17, 15) is 0 Å². The van der Waals surface area contributed by atoms with Gasteiger partial charge in [0.1, 0.15) is 11.6 Å². The van der Waals surface area contributed by atoms with E-state index in [1.807, 2.05) is 12.3 Å². The van der Waals surface area contributed by atoms with Crippen molar-refractivity contribution in [2.24, 2.45) is 0 Å². The lowest BCUT2D eigenvalue weighted by Crippen LogP contribution is -2.14. The smallest absolute Gasteiger partial charge is 0.141 e. The molecule has 1 fully saturated rings. The van der Waals surface area contributed by atoms with Crippen molar-refractivity contribution in [1.82, 2.24) is 9.97 Å². The molecule has 1 saturated carbocycles. The predicted octanol–water partition coefficient (Wildman–Crippen LogP) is 3.38. The Hall–Kier alpha value is -1.90. The van der Waals surface area contributed by atoms with Crippen LogP contribution in [0.25, 0.3) is 0 Å². The van der Waals surface area contributed by atoms with Crippen molar-refractivity contribution in [2.45, 2.75) is 31.6 Å². The normalized spacial score (nSPS) is 16.1. The van der Waals surface area contributed by atoms with Gasteiger partial charge < -0.3 is 5.32 Å². The minimum Gasteiger partial charge on any atom is -0.370 e. The third-order valence-electron chi connectivity index (χ3n) is 3.72. The summed E-state index contributed by atoms with van der Waals surface area (Å²) in [5.74, 6) is 1.90. The first-order chi connectivity index (χ1) is 9.35. The summed E-state index contributed by atoms with van der Waals surface area (Å²) in [6, 6.07) is 12.5. The van der Waals surface area contributed by atoms with Gasteiger partial charge in [0.05, 0.1) is 5.41 Å². The fourth-order valence-corrected chi connectivity index (χ4v) is 2.46. The number of nitrogens with zero attached hydrogens (tertiary/aromatic N) is 2. The molecule has 1 aliphatic carbocycles. The van der Waals surface area contributed by atoms with E-state index in [-0.39, 0.29) is 5.41 Å². The third-order valence-corrected chi connectivity index (χ3v) is 3.72. The molecule has 1 N–H and O–H groups in total. The molecule has 1 heterocycles. The minimum absolute atomic E-state index is 0.0607. The molecule has 0 saturated heterocycles. The number of hydrogen-bond donors (Lipinski definition) is 1. The first kappa shape index (κ1) is 12.2. The van der Waals surface area contributed by atoms with E-state index in [1.54, 1.807) is 0 Å². The van der Waals surface area contributed by atoms with Gasteiger partial charge in [0, 0.05) is 12.7 Å². The van der Waals surface area contributed by atoms with E-state index < -0.39 is 0 Å². The second-order valence-corrected chi connectivity index (χ2v) is 5.14. The number of hydrogen-bond acceptors (Lipinski definition) is 3. The van der Waals surface area contributed by atoms with Gasteiger partial charge in [0.2, 0.25) is 0 Å². The average molecular weight is 253 g/mol. The molecule has 0 radical (unpaired) electrons. The number of anilines is 1. The molecule has 1 aromatic carbocycles. The summed E-state index contributed by atoms with van der Waals surface area (Å²) in [5.41, 5.74) is 1.40. The van der Waals surface area contributed by atoms with Crippen LogP contribution in [0.5, 0.6) is 0 Å². The summed E-state index contributed by atoms with van der Waals surface area (Å²) in [5, 5.41) is 3.33. The standard InChI is InChI=1S/C16H19N3/c1-2-11-17-14-8-12-18-15(19-14)16(9-10-16)13-6-4-3-5-7-13/h3-8,12H,2,9-11H2,1H3,(H,17,18,19). The highest BCUT2D eigenvalue weighted by molar-refractivity contribution is 5.42. The lowest BCUT2D eigenvalue weighted by molar-refractivity contribution is 0.754. The molecule has 0 amide bonds. The summed E-state index contributed by atoms with van der Waals surface area (Å²) in [4.78, 5) is 9.21. The van der Waals surface area contributed by atoms with Crippen molar-refractivity contribution in [3.05, 3.63) is 54.0 Å². The molecule has 0 bridgehead atoms. The van der Waals surface area contributed by atoms with Crippen molar-refractivity contribution in [2.75, 3.05) is 11.9 Å². The largest absolute Gasteiger partial charge is 0.370 e. The van der Waals surface area contributed by atoms with Crippen LogP contribution in [-0.2, 0) is 5.41 Å². The summed E-state index contributed by atoms with van der Waals surface area (Å²) in [6.45, 7) is 3.11. The maximum absolute atomic E-state index is 4.70. The second kappa shape index (κ2) is 5.00. The first-order valence-corrected chi connectivity index (χ1v) is 6.98. The Kier molecular flexibility index (Phi) is 3.20. The first-order valence-electron chi connectivity index (χ1n) is 6.98. The summed E-state index contributed by atoms with van der Waals surface area (Å²) in [7, 11) is 0. The molecule has 3 nitrogen and oxygen atoms in total. The predicted molar refractivity (Wildman–Crippen MR) is 77.3 cm³/mol. The lowest BCUT2D eigenvalue weighted by atomic mass is 9.95. The highest BCUT2D eigenvalue weighted by atomic mass is 15.0. The second-order valence-electron chi connectivity index (χ2n) is 5.14. The lowest BCUT2D eigenvalue weighted by Gasteiger charge is -2.15. The maximum Gasteiger partial charge on any atom is 0.141 e. The zero-order chi connectivity index (χ0) is 13.1. The summed E-state index contributed by atoms with van der Waals surface area (Å²) in [6.07, 6.45) is 5.26. The Labute approximate surface area is 114 Å². The quantitative estimate of drug-likeness (QED) is 0.887. The topological polar surface area (TPSA) is 37.8 Å². The molecule has 1 aliphatic rings. The molecule has 0 atom stereocenters. The molecule has 1 aromatic heterocycles. The van der Waals surface area contributed by atoms with Gasteiger partial charge in [-0.3, -0.25) is 0 Å². The fraction of sp³-hybridized carbons (Fsp3) is 0.375. The number of rotatable bonds is 5. The molecule has 3 heteroatoms. The number of aromatic nitrogens is 2. The van der Waals surface area contributed by atoms with Gasteiger partial charge in [-0.1, -0.05) is 37.3 Å². The van der Waals surface area contributed by atoms with E-state index in [1.165, 1.54) is 5.56 Å². The monoisotopic (exact) mass is 253 g/mol. The average Bonchev–Trinajstić information content (AvgIpc) is 3.28. The van der Waals surface area contributed by atoms with Crippen LogP contribution >= 0.6 is 0 Å². The van der Waals surface area contributed by atoms with Crippen molar-refractivity contribution in [3.63, 3.8) is 0 Å². The molecule has 19 heavy (non-hydrogen) atoms. The van der Waals surface area contributed by atoms with Crippen LogP contribution in [0.15, 0.2) is 42.6 Å². The highest BCUT2D eigenvalue weighted by Gasteiger charge is 2.48. The molecular formula is C16H19N3. The van der Waals surface area contributed by atoms with Crippen LogP contribution in [0.3, 0.4) is 0 Å². The zero-order valence-corrected chi connectivity index (χ0v) is 11.3. The van der Waals surface area contributed by atoms with Gasteiger partial charge in [-0.25, -0.2) is 9.97 Å². The Bertz CT molecular complexity index is 547. The van der Waals surface area contributed by atoms with Crippen LogP contribution < -0.4 is 5.32 Å². The minimum atomic E-state index is 0.0607. The Balaban J connectivity index is 1.90. The van der Waals surface area contributed by atoms with Crippen LogP contribution in [0.4, 0.5) is 5.82 Å². The van der Waals surface area contributed by atoms with Crippen molar-refractivity contribution >= 4 is 5.82 Å². The Morgan fingerprint density at radius 3 is 2.63 bits per heavy atom. The SMILES string of the molecule is CCCNc1ccnc(C2(c3ccccc3)CC2)n1. The zero-order valence-electron chi connectivity index (χ0n) is 11.3. The van der Waals surface area contributed by atoms with Gasteiger partial charge >= 0.3 is 0 Å². The van der Waals surface area contributed by atoms with Crippen LogP contribution in [0.2, 0.25) is 0 Å². The van der Waals surface area contributed by atoms with Gasteiger partial charge in [-0.2, -0.15) is 0 Å². The third kappa shape index (κ3) is 2.33. The van der Waals surface area contributed by atoms with Gasteiger partial charge in [-0.05, 0) is 30.9 Å². The van der Waals surface area contributed by atoms with E-state index in [4.69, 9.17) is 4.98 Å².